The van der Waals surface area contributed by atoms with Crippen molar-refractivity contribution in [2.75, 3.05) is 11.4 Å². The number of pyridine rings is 1. The van der Waals surface area contributed by atoms with Crippen LogP contribution in [0, 0.1) is 0 Å². The molecule has 96 valence electrons. The smallest absolute Gasteiger partial charge is 0.293 e. The van der Waals surface area contributed by atoms with Crippen LogP contribution in [-0.4, -0.2) is 23.5 Å². The minimum Gasteiger partial charge on any atom is -0.293 e. The molecule has 1 aliphatic rings. The Hall–Kier alpha value is -1.95. The molecule has 1 saturated heterocycles. The van der Waals surface area contributed by atoms with Crippen LogP contribution in [0.1, 0.15) is 6.42 Å². The number of carbonyl (C=O) groups excluding carboxylic acids is 2. The highest BCUT2D eigenvalue weighted by Gasteiger charge is 2.25. The Balaban J connectivity index is 2.13. The second kappa shape index (κ2) is 4.62. The number of rotatable bonds is 1. The lowest BCUT2D eigenvalue weighted by atomic mass is 10.1. The van der Waals surface area contributed by atoms with E-state index in [4.69, 9.17) is 0 Å². The van der Waals surface area contributed by atoms with Gasteiger partial charge in [0.2, 0.25) is 5.91 Å². The molecule has 1 aliphatic heterocycles. The van der Waals surface area contributed by atoms with E-state index in [1.807, 2.05) is 18.2 Å². The van der Waals surface area contributed by atoms with Crippen molar-refractivity contribution in [1.29, 1.82) is 0 Å². The number of halogens is 1. The monoisotopic (exact) mass is 319 g/mol. The minimum absolute atomic E-state index is 0.232. The maximum absolute atomic E-state index is 11.9. The normalized spacial score (nSPS) is 15.7. The molecule has 0 spiro atoms. The number of hydrogen-bond acceptors (Lipinski definition) is 3. The number of nitrogens with one attached hydrogen (secondary N) is 1. The average Bonchev–Trinajstić information content (AvgIpc) is 2.41. The molecular formula is C13H10BrN3O2. The zero-order chi connectivity index (χ0) is 13.4. The molecule has 19 heavy (non-hydrogen) atoms. The number of hydrogen-bond donors (Lipinski definition) is 1. The van der Waals surface area contributed by atoms with E-state index in [-0.39, 0.29) is 11.9 Å². The van der Waals surface area contributed by atoms with Crippen LogP contribution < -0.4 is 10.2 Å². The zero-order valence-corrected chi connectivity index (χ0v) is 11.5. The van der Waals surface area contributed by atoms with E-state index >= 15 is 0 Å². The largest absolute Gasteiger partial charge is 0.328 e. The number of benzene rings is 1. The molecular weight excluding hydrogens is 310 g/mol. The predicted molar refractivity (Wildman–Crippen MR) is 74.9 cm³/mol. The van der Waals surface area contributed by atoms with Gasteiger partial charge in [-0.15, -0.1) is 0 Å². The van der Waals surface area contributed by atoms with Gasteiger partial charge in [-0.25, -0.2) is 4.79 Å². The van der Waals surface area contributed by atoms with Crippen molar-refractivity contribution in [1.82, 2.24) is 10.3 Å². The van der Waals surface area contributed by atoms with E-state index in [0.717, 1.165) is 20.9 Å². The third kappa shape index (κ3) is 2.08. The van der Waals surface area contributed by atoms with Gasteiger partial charge in [0.15, 0.2) is 0 Å². The summed E-state index contributed by atoms with van der Waals surface area (Å²) in [6.45, 7) is 0.393. The zero-order valence-electron chi connectivity index (χ0n) is 9.89. The third-order valence-electron chi connectivity index (χ3n) is 3.09. The fourth-order valence-electron chi connectivity index (χ4n) is 2.17. The predicted octanol–water partition coefficient (Wildman–Crippen LogP) is 2.44. The van der Waals surface area contributed by atoms with E-state index in [0.29, 0.717) is 13.0 Å². The molecule has 1 N–H and O–H groups in total. The second-order valence-corrected chi connectivity index (χ2v) is 5.10. The number of carbonyl (C=O) groups is 2. The van der Waals surface area contributed by atoms with Gasteiger partial charge < -0.3 is 0 Å². The third-order valence-corrected chi connectivity index (χ3v) is 3.78. The lowest BCUT2D eigenvalue weighted by molar-refractivity contribution is -0.120. The maximum Gasteiger partial charge on any atom is 0.328 e. The van der Waals surface area contributed by atoms with Crippen molar-refractivity contribution in [2.24, 2.45) is 0 Å². The van der Waals surface area contributed by atoms with E-state index < -0.39 is 0 Å². The van der Waals surface area contributed by atoms with Crippen LogP contribution in [0.15, 0.2) is 35.1 Å². The van der Waals surface area contributed by atoms with E-state index in [1.54, 1.807) is 17.3 Å². The van der Waals surface area contributed by atoms with Gasteiger partial charge in [0.25, 0.3) is 0 Å². The maximum atomic E-state index is 11.9. The first-order valence-corrected chi connectivity index (χ1v) is 6.59. The minimum atomic E-state index is -0.378. The summed E-state index contributed by atoms with van der Waals surface area (Å²) >= 11 is 3.47. The molecule has 0 atom stereocenters. The van der Waals surface area contributed by atoms with Crippen LogP contribution in [-0.2, 0) is 4.79 Å². The second-order valence-electron chi connectivity index (χ2n) is 4.24. The molecule has 5 nitrogen and oxygen atoms in total. The van der Waals surface area contributed by atoms with Crippen molar-refractivity contribution < 1.29 is 9.59 Å². The highest BCUT2D eigenvalue weighted by atomic mass is 79.9. The van der Waals surface area contributed by atoms with Gasteiger partial charge in [-0.1, -0.05) is 15.9 Å². The lowest BCUT2D eigenvalue weighted by Crippen LogP contribution is -2.49. The fourth-order valence-corrected chi connectivity index (χ4v) is 2.62. The molecule has 0 aliphatic carbocycles. The Labute approximate surface area is 117 Å². The first-order valence-electron chi connectivity index (χ1n) is 5.80. The van der Waals surface area contributed by atoms with Crippen LogP contribution >= 0.6 is 15.9 Å². The summed E-state index contributed by atoms with van der Waals surface area (Å²) in [5.74, 6) is -0.232. The van der Waals surface area contributed by atoms with Crippen LogP contribution in [0.25, 0.3) is 10.8 Å². The van der Waals surface area contributed by atoms with Crippen molar-refractivity contribution in [3.8, 4) is 0 Å². The van der Waals surface area contributed by atoms with Crippen molar-refractivity contribution in [3.63, 3.8) is 0 Å². The topological polar surface area (TPSA) is 62.3 Å². The van der Waals surface area contributed by atoms with Crippen LogP contribution in [0.2, 0.25) is 0 Å². The van der Waals surface area contributed by atoms with Gasteiger partial charge in [-0.3, -0.25) is 20.0 Å². The van der Waals surface area contributed by atoms with Crippen LogP contribution in [0.4, 0.5) is 10.5 Å². The summed E-state index contributed by atoms with van der Waals surface area (Å²) in [5, 5.41) is 4.19. The average molecular weight is 320 g/mol. The summed E-state index contributed by atoms with van der Waals surface area (Å²) in [5.41, 5.74) is 0.783. The van der Waals surface area contributed by atoms with Gasteiger partial charge in [-0.2, -0.15) is 0 Å². The van der Waals surface area contributed by atoms with Crippen LogP contribution in [0.3, 0.4) is 0 Å². The number of fused-ring (bicyclic) bond motifs is 1. The first kappa shape index (κ1) is 12.1. The first-order chi connectivity index (χ1) is 9.16. The van der Waals surface area contributed by atoms with E-state index in [1.165, 1.54) is 0 Å². The molecule has 0 radical (unpaired) electrons. The van der Waals surface area contributed by atoms with E-state index in [2.05, 4.69) is 26.2 Å². The van der Waals surface area contributed by atoms with Gasteiger partial charge in [0.1, 0.15) is 0 Å². The molecule has 2 aromatic rings. The molecule has 3 amide bonds. The molecule has 1 aromatic carbocycles. The Bertz CT molecular complexity index is 687. The highest BCUT2D eigenvalue weighted by Crippen LogP contribution is 2.32. The van der Waals surface area contributed by atoms with Crippen LogP contribution in [0.5, 0.6) is 0 Å². The summed E-state index contributed by atoms with van der Waals surface area (Å²) < 4.78 is 0.924. The van der Waals surface area contributed by atoms with Gasteiger partial charge in [-0.05, 0) is 18.2 Å². The Morgan fingerprint density at radius 2 is 2.05 bits per heavy atom. The molecule has 0 bridgehead atoms. The molecule has 6 heteroatoms. The van der Waals surface area contributed by atoms with Crippen molar-refractivity contribution in [3.05, 3.63) is 35.1 Å². The Morgan fingerprint density at radius 1 is 1.21 bits per heavy atom. The summed E-state index contributed by atoms with van der Waals surface area (Å²) in [7, 11) is 0. The summed E-state index contributed by atoms with van der Waals surface area (Å²) in [6.07, 6.45) is 3.75. The quantitative estimate of drug-likeness (QED) is 0.878. The number of nitrogens with zero attached hydrogens (tertiary/aromatic N) is 2. The lowest BCUT2D eigenvalue weighted by Gasteiger charge is -2.27. The molecule has 3 rings (SSSR count). The number of imide groups is 1. The Kier molecular flexibility index (Phi) is 2.94. The SMILES string of the molecule is O=C1CCN(c2ccc(Br)c3cnccc23)C(=O)N1. The number of urea groups is 1. The highest BCUT2D eigenvalue weighted by molar-refractivity contribution is 9.10. The fraction of sp³-hybridized carbons (Fsp3) is 0.154. The molecule has 1 aromatic heterocycles. The number of aromatic nitrogens is 1. The standard InChI is InChI=1S/C13H10BrN3O2/c14-10-1-2-11(8-3-5-15-7-9(8)10)17-6-4-12(18)16-13(17)19/h1-3,5,7H,4,6H2,(H,16,18,19). The number of anilines is 1. The van der Waals surface area contributed by atoms with Crippen molar-refractivity contribution in [2.45, 2.75) is 6.42 Å². The molecule has 2 heterocycles. The van der Waals surface area contributed by atoms with Gasteiger partial charge in [0, 0.05) is 40.6 Å². The molecule has 1 fully saturated rings. The summed E-state index contributed by atoms with van der Waals surface area (Å²) in [4.78, 5) is 28.8. The van der Waals surface area contributed by atoms with E-state index in [9.17, 15) is 9.59 Å². The molecule has 0 unspecified atom stereocenters. The van der Waals surface area contributed by atoms with Gasteiger partial charge in [0.05, 0.1) is 5.69 Å². The van der Waals surface area contributed by atoms with Crippen molar-refractivity contribution >= 4 is 44.3 Å². The summed E-state index contributed by atoms with van der Waals surface area (Å²) in [6, 6.07) is 5.22. The molecule has 0 saturated carbocycles. The Morgan fingerprint density at radius 3 is 2.84 bits per heavy atom. The van der Waals surface area contributed by atoms with Gasteiger partial charge >= 0.3 is 6.03 Å². The number of amides is 3.